The van der Waals surface area contributed by atoms with E-state index in [-0.39, 0.29) is 23.9 Å². The van der Waals surface area contributed by atoms with Crippen molar-refractivity contribution in [2.75, 3.05) is 12.4 Å². The minimum atomic E-state index is -1.47. The summed E-state index contributed by atoms with van der Waals surface area (Å²) in [6, 6.07) is 13.1. The van der Waals surface area contributed by atoms with Crippen LogP contribution in [0, 0.1) is 23.3 Å². The third-order valence-electron chi connectivity index (χ3n) is 4.49. The fourth-order valence-corrected chi connectivity index (χ4v) is 3.86. The van der Waals surface area contributed by atoms with Gasteiger partial charge in [0.25, 0.3) is 0 Å². The van der Waals surface area contributed by atoms with E-state index in [0.29, 0.717) is 36.2 Å². The lowest BCUT2D eigenvalue weighted by Crippen LogP contribution is -2.05. The van der Waals surface area contributed by atoms with Crippen LogP contribution < -0.4 is 4.74 Å². The number of nitrogens with zero attached hydrogens (tertiary/aromatic N) is 1. The fraction of sp³-hybridized carbons (Fsp3) is 0.167. The maximum Gasteiger partial charge on any atom is 0.328 e. The third kappa shape index (κ3) is 6.82. The number of aliphatic carboxylic acids is 1. The summed E-state index contributed by atoms with van der Waals surface area (Å²) in [5, 5.41) is 8.93. The van der Waals surface area contributed by atoms with Crippen molar-refractivity contribution in [2.45, 2.75) is 17.7 Å². The van der Waals surface area contributed by atoms with Crippen molar-refractivity contribution in [1.29, 1.82) is 0 Å². The summed E-state index contributed by atoms with van der Waals surface area (Å²) in [6.45, 7) is 0.346. The summed E-state index contributed by atoms with van der Waals surface area (Å²) >= 11 is 0.623. The van der Waals surface area contributed by atoms with Crippen LogP contribution in [-0.2, 0) is 17.6 Å². The van der Waals surface area contributed by atoms with Gasteiger partial charge >= 0.3 is 5.97 Å². The molecule has 3 aromatic rings. The molecule has 2 aromatic carbocycles. The molecule has 0 bridgehead atoms. The lowest BCUT2D eigenvalue weighted by atomic mass is 10.2. The van der Waals surface area contributed by atoms with Crippen LogP contribution in [0.4, 0.5) is 17.6 Å². The highest BCUT2D eigenvalue weighted by Crippen LogP contribution is 2.29. The number of pyridine rings is 1. The summed E-state index contributed by atoms with van der Waals surface area (Å²) in [4.78, 5) is 14.5. The Balaban J connectivity index is 1.69. The Labute approximate surface area is 191 Å². The minimum Gasteiger partial charge on any atom is -0.491 e. The number of thioether (sulfide) groups is 1. The highest BCUT2D eigenvalue weighted by atomic mass is 32.2. The topological polar surface area (TPSA) is 59.4 Å². The molecule has 0 saturated carbocycles. The van der Waals surface area contributed by atoms with Gasteiger partial charge in [-0.2, -0.15) is 0 Å². The Morgan fingerprint density at radius 1 is 1.00 bits per heavy atom. The molecule has 0 aliphatic heterocycles. The highest BCUT2D eigenvalue weighted by Gasteiger charge is 2.19. The average molecular weight is 477 g/mol. The Bertz CT molecular complexity index is 1130. The van der Waals surface area contributed by atoms with Crippen LogP contribution in [0.25, 0.3) is 6.08 Å². The number of halogens is 4. The first-order valence-corrected chi connectivity index (χ1v) is 10.9. The number of hydrogen-bond acceptors (Lipinski definition) is 4. The molecule has 0 atom stereocenters. The molecule has 1 aromatic heterocycles. The summed E-state index contributed by atoms with van der Waals surface area (Å²) < 4.78 is 60.1. The Morgan fingerprint density at radius 2 is 1.70 bits per heavy atom. The summed E-state index contributed by atoms with van der Waals surface area (Å²) in [5.74, 6) is -6.52. The number of hydrogen-bond donors (Lipinski definition) is 1. The predicted molar refractivity (Wildman–Crippen MR) is 117 cm³/mol. The van der Waals surface area contributed by atoms with Gasteiger partial charge in [0.1, 0.15) is 11.4 Å². The summed E-state index contributed by atoms with van der Waals surface area (Å²) in [6.07, 6.45) is 3.06. The Kier molecular flexibility index (Phi) is 8.48. The quantitative estimate of drug-likeness (QED) is 0.176. The maximum absolute atomic E-state index is 13.8. The largest absolute Gasteiger partial charge is 0.491 e. The number of aromatic nitrogens is 1. The standard InChI is InChI=1S/C24H19F4NO3S/c25-17-14-18(26)23(28)24(22(17)27)33-13-11-16-6-8-20(19(29-16)7-9-21(30)31)32-12-10-15-4-2-1-3-5-15/h1-9,14H,10-13H2,(H,30,31). The molecule has 1 N–H and O–H groups in total. The second-order valence-electron chi connectivity index (χ2n) is 6.84. The van der Waals surface area contributed by atoms with Gasteiger partial charge in [0.05, 0.1) is 11.5 Å². The molecule has 33 heavy (non-hydrogen) atoms. The molecule has 0 aliphatic carbocycles. The Morgan fingerprint density at radius 3 is 2.36 bits per heavy atom. The number of carboxylic acids is 1. The smallest absolute Gasteiger partial charge is 0.328 e. The maximum atomic E-state index is 13.8. The predicted octanol–water partition coefficient (Wildman–Crippen LogP) is 5.69. The lowest BCUT2D eigenvalue weighted by molar-refractivity contribution is -0.131. The van der Waals surface area contributed by atoms with Crippen LogP contribution in [0.15, 0.2) is 59.5 Å². The molecule has 0 amide bonds. The lowest BCUT2D eigenvalue weighted by Gasteiger charge is -2.11. The molecular weight excluding hydrogens is 458 g/mol. The van der Waals surface area contributed by atoms with Gasteiger partial charge in [-0.1, -0.05) is 30.3 Å². The average Bonchev–Trinajstić information content (AvgIpc) is 2.80. The van der Waals surface area contributed by atoms with E-state index in [1.54, 1.807) is 12.1 Å². The van der Waals surface area contributed by atoms with E-state index in [0.717, 1.165) is 11.6 Å². The Hall–Kier alpha value is -3.33. The minimum absolute atomic E-state index is 0.0834. The number of aryl methyl sites for hydroxylation is 1. The second kappa shape index (κ2) is 11.5. The van der Waals surface area contributed by atoms with Crippen molar-refractivity contribution in [3.63, 3.8) is 0 Å². The van der Waals surface area contributed by atoms with Crippen LogP contribution in [0.5, 0.6) is 5.75 Å². The zero-order valence-electron chi connectivity index (χ0n) is 17.2. The van der Waals surface area contributed by atoms with Gasteiger partial charge in [-0.15, -0.1) is 11.8 Å². The van der Waals surface area contributed by atoms with Crippen molar-refractivity contribution < 1.29 is 32.2 Å². The first kappa shape index (κ1) is 24.3. The third-order valence-corrected chi connectivity index (χ3v) is 5.55. The molecule has 9 heteroatoms. The number of rotatable bonds is 10. The van der Waals surface area contributed by atoms with Crippen LogP contribution in [0.3, 0.4) is 0 Å². The summed E-state index contributed by atoms with van der Waals surface area (Å²) in [7, 11) is 0. The van der Waals surface area contributed by atoms with E-state index in [4.69, 9.17) is 9.84 Å². The van der Waals surface area contributed by atoms with Crippen LogP contribution >= 0.6 is 11.8 Å². The van der Waals surface area contributed by atoms with Gasteiger partial charge in [0.15, 0.2) is 23.3 Å². The first-order chi connectivity index (χ1) is 15.8. The zero-order chi connectivity index (χ0) is 23.8. The molecule has 0 saturated heterocycles. The number of carboxylic acid groups (broad SMARTS) is 1. The van der Waals surface area contributed by atoms with E-state index in [9.17, 15) is 22.4 Å². The van der Waals surface area contributed by atoms with Gasteiger partial charge in [-0.05, 0) is 30.2 Å². The fourth-order valence-electron chi connectivity index (χ4n) is 2.89. The van der Waals surface area contributed by atoms with Crippen LogP contribution in [0.1, 0.15) is 17.0 Å². The molecule has 0 aliphatic rings. The van der Waals surface area contributed by atoms with E-state index in [1.807, 2.05) is 30.3 Å². The van der Waals surface area contributed by atoms with Gasteiger partial charge in [0, 0.05) is 30.0 Å². The van der Waals surface area contributed by atoms with Crippen molar-refractivity contribution in [3.05, 3.63) is 94.8 Å². The molecular formula is C24H19F4NO3S. The number of carbonyl (C=O) groups is 1. The molecule has 0 radical (unpaired) electrons. The molecule has 172 valence electrons. The van der Waals surface area contributed by atoms with Gasteiger partial charge < -0.3 is 9.84 Å². The van der Waals surface area contributed by atoms with Crippen molar-refractivity contribution in [2.24, 2.45) is 0 Å². The highest BCUT2D eigenvalue weighted by molar-refractivity contribution is 7.99. The van der Waals surface area contributed by atoms with Gasteiger partial charge in [-0.25, -0.2) is 27.3 Å². The van der Waals surface area contributed by atoms with Crippen molar-refractivity contribution >= 4 is 23.8 Å². The zero-order valence-corrected chi connectivity index (χ0v) is 18.0. The molecule has 0 fully saturated rings. The molecule has 1 heterocycles. The molecule has 0 unspecified atom stereocenters. The van der Waals surface area contributed by atoms with Crippen molar-refractivity contribution in [1.82, 2.24) is 4.98 Å². The van der Waals surface area contributed by atoms with E-state index in [1.165, 1.54) is 6.08 Å². The molecule has 4 nitrogen and oxygen atoms in total. The monoisotopic (exact) mass is 477 g/mol. The van der Waals surface area contributed by atoms with E-state index in [2.05, 4.69) is 4.98 Å². The van der Waals surface area contributed by atoms with E-state index < -0.39 is 34.1 Å². The van der Waals surface area contributed by atoms with Crippen LogP contribution in [0.2, 0.25) is 0 Å². The van der Waals surface area contributed by atoms with Gasteiger partial charge in [0.2, 0.25) is 0 Å². The normalized spacial score (nSPS) is 11.2. The van der Waals surface area contributed by atoms with Crippen molar-refractivity contribution in [3.8, 4) is 5.75 Å². The first-order valence-electron chi connectivity index (χ1n) is 9.88. The van der Waals surface area contributed by atoms with Crippen LogP contribution in [-0.4, -0.2) is 28.4 Å². The molecule has 3 rings (SSSR count). The number of ether oxygens (including phenoxy) is 1. The summed E-state index contributed by atoms with van der Waals surface area (Å²) in [5.41, 5.74) is 1.85. The van der Waals surface area contributed by atoms with E-state index >= 15 is 0 Å². The SMILES string of the molecule is O=C(O)C=Cc1nc(CCSc2c(F)c(F)cc(F)c2F)ccc1OCCc1ccccc1. The molecule has 0 spiro atoms. The second-order valence-corrected chi connectivity index (χ2v) is 7.94. The number of benzene rings is 2. The van der Waals surface area contributed by atoms with Gasteiger partial charge in [-0.3, -0.25) is 0 Å².